The van der Waals surface area contributed by atoms with Crippen LogP contribution in [0.3, 0.4) is 0 Å². The monoisotopic (exact) mass is 184 g/mol. The van der Waals surface area contributed by atoms with E-state index in [1.807, 2.05) is 0 Å². The highest BCUT2D eigenvalue weighted by Crippen LogP contribution is 2.15. The molecule has 0 bridgehead atoms. The number of aliphatic hydroxyl groups excluding tert-OH is 1. The lowest BCUT2D eigenvalue weighted by Gasteiger charge is -2.27. The van der Waals surface area contributed by atoms with Gasteiger partial charge in [-0.25, -0.2) is 0 Å². The highest BCUT2D eigenvalue weighted by atomic mass is 16.3. The largest absolute Gasteiger partial charge is 0.392 e. The van der Waals surface area contributed by atoms with Gasteiger partial charge >= 0.3 is 0 Å². The molecule has 0 aromatic rings. The molecular formula is C10H20N2O. The zero-order valence-corrected chi connectivity index (χ0v) is 8.21. The first kappa shape index (κ1) is 9.44. The molecule has 1 unspecified atom stereocenters. The summed E-state index contributed by atoms with van der Waals surface area (Å²) in [5, 5.41) is 12.8. The molecule has 2 heterocycles. The number of nitrogens with one attached hydrogen (secondary N) is 1. The lowest BCUT2D eigenvalue weighted by Crippen LogP contribution is -2.37. The second kappa shape index (κ2) is 4.40. The number of nitrogens with zero attached hydrogens (tertiary/aromatic N) is 1. The van der Waals surface area contributed by atoms with E-state index in [0.29, 0.717) is 0 Å². The number of likely N-dealkylation sites (tertiary alicyclic amines) is 1. The summed E-state index contributed by atoms with van der Waals surface area (Å²) < 4.78 is 0. The van der Waals surface area contributed by atoms with Crippen LogP contribution in [0.1, 0.15) is 19.3 Å². The van der Waals surface area contributed by atoms with Gasteiger partial charge in [-0.2, -0.15) is 0 Å². The smallest absolute Gasteiger partial charge is 0.0679 e. The predicted molar refractivity (Wildman–Crippen MR) is 52.7 cm³/mol. The van der Waals surface area contributed by atoms with Gasteiger partial charge in [0.25, 0.3) is 0 Å². The number of rotatable bonds is 2. The second-order valence-electron chi connectivity index (χ2n) is 4.41. The van der Waals surface area contributed by atoms with Crippen LogP contribution in [0.2, 0.25) is 0 Å². The van der Waals surface area contributed by atoms with Gasteiger partial charge in [-0.1, -0.05) is 0 Å². The fourth-order valence-corrected chi connectivity index (χ4v) is 2.42. The Morgan fingerprint density at radius 3 is 2.92 bits per heavy atom. The van der Waals surface area contributed by atoms with E-state index in [9.17, 15) is 5.11 Å². The minimum absolute atomic E-state index is 0.0588. The van der Waals surface area contributed by atoms with E-state index in [4.69, 9.17) is 0 Å². The summed E-state index contributed by atoms with van der Waals surface area (Å²) >= 11 is 0. The van der Waals surface area contributed by atoms with Crippen molar-refractivity contribution in [1.82, 2.24) is 10.2 Å². The SMILES string of the molecule is O[C@@H]1CCN(CC2CCCNC2)C1. The summed E-state index contributed by atoms with van der Waals surface area (Å²) in [6.45, 7) is 5.55. The molecular weight excluding hydrogens is 164 g/mol. The first-order valence-electron chi connectivity index (χ1n) is 5.46. The summed E-state index contributed by atoms with van der Waals surface area (Å²) in [4.78, 5) is 2.41. The standard InChI is InChI=1S/C10H20N2O/c13-10-3-5-12(8-10)7-9-2-1-4-11-6-9/h9-11,13H,1-8H2/t9?,10-/m1/s1. The highest BCUT2D eigenvalue weighted by molar-refractivity contribution is 4.79. The molecule has 0 radical (unpaired) electrons. The summed E-state index contributed by atoms with van der Waals surface area (Å²) in [6, 6.07) is 0. The third kappa shape index (κ3) is 2.66. The zero-order valence-electron chi connectivity index (χ0n) is 8.21. The average Bonchev–Trinajstić information content (AvgIpc) is 2.53. The van der Waals surface area contributed by atoms with E-state index in [1.165, 1.54) is 32.5 Å². The van der Waals surface area contributed by atoms with E-state index in [1.54, 1.807) is 0 Å². The van der Waals surface area contributed by atoms with E-state index in [2.05, 4.69) is 10.2 Å². The Morgan fingerprint density at radius 1 is 1.38 bits per heavy atom. The maximum Gasteiger partial charge on any atom is 0.0679 e. The number of piperidine rings is 1. The van der Waals surface area contributed by atoms with Crippen LogP contribution >= 0.6 is 0 Å². The minimum atomic E-state index is -0.0588. The van der Waals surface area contributed by atoms with Crippen molar-refractivity contribution in [2.45, 2.75) is 25.4 Å². The molecule has 3 heteroatoms. The molecule has 76 valence electrons. The van der Waals surface area contributed by atoms with Crippen molar-refractivity contribution < 1.29 is 5.11 Å². The Labute approximate surface area is 80.1 Å². The number of aliphatic hydroxyl groups is 1. The fraction of sp³-hybridized carbons (Fsp3) is 1.00. The molecule has 0 amide bonds. The van der Waals surface area contributed by atoms with E-state index in [0.717, 1.165) is 25.4 Å². The van der Waals surface area contributed by atoms with Gasteiger partial charge in [0.2, 0.25) is 0 Å². The topological polar surface area (TPSA) is 35.5 Å². The Balaban J connectivity index is 1.71. The molecule has 2 aliphatic rings. The summed E-state index contributed by atoms with van der Waals surface area (Å²) in [5.41, 5.74) is 0. The maximum absolute atomic E-state index is 9.37. The zero-order chi connectivity index (χ0) is 9.10. The predicted octanol–water partition coefficient (Wildman–Crippen LogP) is 0.0526. The van der Waals surface area contributed by atoms with Gasteiger partial charge in [0.05, 0.1) is 6.10 Å². The van der Waals surface area contributed by atoms with Crippen molar-refractivity contribution in [3.8, 4) is 0 Å². The summed E-state index contributed by atoms with van der Waals surface area (Å²) in [6.07, 6.45) is 3.59. The third-order valence-electron chi connectivity index (χ3n) is 3.16. The van der Waals surface area contributed by atoms with Crippen molar-refractivity contribution in [3.63, 3.8) is 0 Å². The summed E-state index contributed by atoms with van der Waals surface area (Å²) in [5.74, 6) is 0.819. The number of hydrogen-bond donors (Lipinski definition) is 2. The molecule has 0 saturated carbocycles. The van der Waals surface area contributed by atoms with Crippen molar-refractivity contribution in [3.05, 3.63) is 0 Å². The van der Waals surface area contributed by atoms with Gasteiger partial charge in [-0.3, -0.25) is 0 Å². The Bertz CT molecular complexity index is 154. The summed E-state index contributed by atoms with van der Waals surface area (Å²) in [7, 11) is 0. The van der Waals surface area contributed by atoms with Crippen LogP contribution in [0.25, 0.3) is 0 Å². The van der Waals surface area contributed by atoms with Crippen molar-refractivity contribution >= 4 is 0 Å². The van der Waals surface area contributed by atoms with E-state index < -0.39 is 0 Å². The van der Waals surface area contributed by atoms with E-state index >= 15 is 0 Å². The Morgan fingerprint density at radius 2 is 2.31 bits per heavy atom. The molecule has 2 rings (SSSR count). The molecule has 13 heavy (non-hydrogen) atoms. The first-order valence-corrected chi connectivity index (χ1v) is 5.46. The quantitative estimate of drug-likeness (QED) is 0.636. The molecule has 2 atom stereocenters. The van der Waals surface area contributed by atoms with Crippen LogP contribution < -0.4 is 5.32 Å². The van der Waals surface area contributed by atoms with Gasteiger partial charge in [0.1, 0.15) is 0 Å². The highest BCUT2D eigenvalue weighted by Gasteiger charge is 2.23. The first-order chi connectivity index (χ1) is 6.34. The number of hydrogen-bond acceptors (Lipinski definition) is 3. The Kier molecular flexibility index (Phi) is 3.19. The molecule has 0 aliphatic carbocycles. The Hall–Kier alpha value is -0.120. The van der Waals surface area contributed by atoms with Crippen LogP contribution in [0.4, 0.5) is 0 Å². The van der Waals surface area contributed by atoms with Crippen LogP contribution in [-0.4, -0.2) is 48.8 Å². The molecule has 2 saturated heterocycles. The van der Waals surface area contributed by atoms with Crippen molar-refractivity contribution in [2.75, 3.05) is 32.7 Å². The molecule has 0 aromatic carbocycles. The van der Waals surface area contributed by atoms with Crippen LogP contribution in [0.15, 0.2) is 0 Å². The lowest BCUT2D eigenvalue weighted by atomic mass is 9.99. The van der Waals surface area contributed by atoms with Crippen LogP contribution in [-0.2, 0) is 0 Å². The van der Waals surface area contributed by atoms with Crippen LogP contribution in [0.5, 0.6) is 0 Å². The minimum Gasteiger partial charge on any atom is -0.392 e. The lowest BCUT2D eigenvalue weighted by molar-refractivity contribution is 0.165. The molecule has 2 N–H and O–H groups in total. The fourth-order valence-electron chi connectivity index (χ4n) is 2.42. The van der Waals surface area contributed by atoms with Gasteiger partial charge in [0, 0.05) is 19.6 Å². The molecule has 0 spiro atoms. The molecule has 3 nitrogen and oxygen atoms in total. The van der Waals surface area contributed by atoms with Gasteiger partial charge in [0.15, 0.2) is 0 Å². The third-order valence-corrected chi connectivity index (χ3v) is 3.16. The van der Waals surface area contributed by atoms with Crippen molar-refractivity contribution in [2.24, 2.45) is 5.92 Å². The molecule has 2 fully saturated rings. The van der Waals surface area contributed by atoms with Crippen LogP contribution in [0, 0.1) is 5.92 Å². The average molecular weight is 184 g/mol. The maximum atomic E-state index is 9.37. The second-order valence-corrected chi connectivity index (χ2v) is 4.41. The van der Waals surface area contributed by atoms with Gasteiger partial charge in [-0.05, 0) is 38.3 Å². The van der Waals surface area contributed by atoms with E-state index in [-0.39, 0.29) is 6.10 Å². The van der Waals surface area contributed by atoms with Crippen molar-refractivity contribution in [1.29, 1.82) is 0 Å². The molecule has 2 aliphatic heterocycles. The van der Waals surface area contributed by atoms with Gasteiger partial charge in [-0.15, -0.1) is 0 Å². The normalized spacial score (nSPS) is 36.7. The van der Waals surface area contributed by atoms with Gasteiger partial charge < -0.3 is 15.3 Å². The number of β-amino-alcohol motifs (C(OH)–C–C–N with tert-alkyl or cyclic N) is 1. The molecule has 0 aromatic heterocycles.